The second kappa shape index (κ2) is 9.42. The molecule has 0 aromatic rings. The van der Waals surface area contributed by atoms with Crippen molar-refractivity contribution >= 4 is 17.9 Å². The molecule has 27 heavy (non-hydrogen) atoms. The highest BCUT2D eigenvalue weighted by Crippen LogP contribution is 2.26. The maximum atomic E-state index is 12.7. The molecule has 1 aliphatic carbocycles. The third-order valence-corrected chi connectivity index (χ3v) is 6.16. The van der Waals surface area contributed by atoms with Gasteiger partial charge in [0.1, 0.15) is 0 Å². The highest BCUT2D eigenvalue weighted by atomic mass is 16.6. The lowest BCUT2D eigenvalue weighted by Gasteiger charge is -2.36. The monoisotopic (exact) mass is 379 g/mol. The lowest BCUT2D eigenvalue weighted by Crippen LogP contribution is -2.48. The molecule has 1 saturated carbocycles. The van der Waals surface area contributed by atoms with Crippen LogP contribution in [0.4, 0.5) is 4.79 Å². The van der Waals surface area contributed by atoms with Gasteiger partial charge in [0.2, 0.25) is 11.8 Å². The Morgan fingerprint density at radius 3 is 2.37 bits per heavy atom. The Morgan fingerprint density at radius 2 is 1.74 bits per heavy atom. The van der Waals surface area contributed by atoms with E-state index >= 15 is 0 Å². The van der Waals surface area contributed by atoms with E-state index in [1.165, 1.54) is 25.7 Å². The van der Waals surface area contributed by atoms with Gasteiger partial charge in [-0.15, -0.1) is 0 Å². The van der Waals surface area contributed by atoms with Crippen LogP contribution in [0.25, 0.3) is 0 Å². The lowest BCUT2D eigenvalue weighted by atomic mass is 10.0. The summed E-state index contributed by atoms with van der Waals surface area (Å²) < 4.78 is 5.05. The number of nitrogens with zero attached hydrogens (tertiary/aromatic N) is 2. The van der Waals surface area contributed by atoms with Crippen LogP contribution < -0.4 is 5.32 Å². The summed E-state index contributed by atoms with van der Waals surface area (Å²) in [6, 6.07) is 0.399. The average molecular weight is 380 g/mol. The molecule has 2 heterocycles. The minimum absolute atomic E-state index is 0.0432. The zero-order chi connectivity index (χ0) is 19.2. The fourth-order valence-corrected chi connectivity index (χ4v) is 4.58. The first-order valence-electron chi connectivity index (χ1n) is 10.6. The van der Waals surface area contributed by atoms with Gasteiger partial charge in [0.25, 0.3) is 0 Å². The number of rotatable bonds is 4. The summed E-state index contributed by atoms with van der Waals surface area (Å²) in [5.74, 6) is -0.115. The van der Waals surface area contributed by atoms with Crippen LogP contribution >= 0.6 is 0 Å². The zero-order valence-electron chi connectivity index (χ0n) is 16.5. The van der Waals surface area contributed by atoms with Crippen molar-refractivity contribution in [2.75, 3.05) is 26.2 Å². The molecule has 7 heteroatoms. The van der Waals surface area contributed by atoms with E-state index in [0.29, 0.717) is 32.7 Å². The number of hydrogen-bond acceptors (Lipinski definition) is 4. The van der Waals surface area contributed by atoms with Crippen molar-refractivity contribution in [1.29, 1.82) is 0 Å². The Labute approximate surface area is 161 Å². The number of carbonyl (C=O) groups excluding carboxylic acids is 3. The second-order valence-corrected chi connectivity index (χ2v) is 8.06. The minimum atomic E-state index is -0.274. The standard InChI is InChI=1S/C20H33N3O4/c1-2-27-20(26)22-11-9-17(10-12-22)23-14-15(13-18(23)24)19(25)21-16-7-5-3-4-6-8-16/h15-17H,2-14H2,1H3,(H,21,25). The Hall–Kier alpha value is -1.79. The fourth-order valence-electron chi connectivity index (χ4n) is 4.58. The molecule has 7 nitrogen and oxygen atoms in total. The molecule has 1 unspecified atom stereocenters. The Kier molecular flexibility index (Phi) is 6.96. The van der Waals surface area contributed by atoms with Gasteiger partial charge in [0.05, 0.1) is 12.5 Å². The predicted molar refractivity (Wildman–Crippen MR) is 101 cm³/mol. The van der Waals surface area contributed by atoms with Gasteiger partial charge in [-0.1, -0.05) is 25.7 Å². The summed E-state index contributed by atoms with van der Waals surface area (Å²) in [7, 11) is 0. The molecule has 1 N–H and O–H groups in total. The van der Waals surface area contributed by atoms with E-state index in [-0.39, 0.29) is 35.9 Å². The fraction of sp³-hybridized carbons (Fsp3) is 0.850. The number of amides is 3. The van der Waals surface area contributed by atoms with Crippen LogP contribution in [0.15, 0.2) is 0 Å². The average Bonchev–Trinajstić information content (AvgIpc) is 2.88. The van der Waals surface area contributed by atoms with Crippen molar-refractivity contribution in [3.8, 4) is 0 Å². The van der Waals surface area contributed by atoms with E-state index in [9.17, 15) is 14.4 Å². The molecule has 0 radical (unpaired) electrons. The molecule has 0 aromatic heterocycles. The SMILES string of the molecule is CCOC(=O)N1CCC(N2CC(C(=O)NC3CCCCCC3)CC2=O)CC1. The van der Waals surface area contributed by atoms with E-state index < -0.39 is 0 Å². The smallest absolute Gasteiger partial charge is 0.409 e. The number of likely N-dealkylation sites (tertiary alicyclic amines) is 2. The molecule has 3 rings (SSSR count). The van der Waals surface area contributed by atoms with Gasteiger partial charge in [0, 0.05) is 38.1 Å². The topological polar surface area (TPSA) is 79.0 Å². The van der Waals surface area contributed by atoms with Gasteiger partial charge in [-0.3, -0.25) is 9.59 Å². The molecule has 2 saturated heterocycles. The van der Waals surface area contributed by atoms with Gasteiger partial charge in [-0.2, -0.15) is 0 Å². The van der Waals surface area contributed by atoms with Crippen LogP contribution in [0, 0.1) is 5.92 Å². The molecule has 152 valence electrons. The van der Waals surface area contributed by atoms with Crippen LogP contribution in [0.2, 0.25) is 0 Å². The number of nitrogens with one attached hydrogen (secondary N) is 1. The third-order valence-electron chi connectivity index (χ3n) is 6.16. The largest absolute Gasteiger partial charge is 0.450 e. The van der Waals surface area contributed by atoms with Crippen molar-refractivity contribution in [3.05, 3.63) is 0 Å². The van der Waals surface area contributed by atoms with Crippen LogP contribution in [-0.2, 0) is 14.3 Å². The van der Waals surface area contributed by atoms with E-state index in [2.05, 4.69) is 5.32 Å². The van der Waals surface area contributed by atoms with Gasteiger partial charge in [-0.25, -0.2) is 4.79 Å². The minimum Gasteiger partial charge on any atom is -0.450 e. The Morgan fingerprint density at radius 1 is 1.07 bits per heavy atom. The summed E-state index contributed by atoms with van der Waals surface area (Å²) in [4.78, 5) is 40.5. The first-order chi connectivity index (χ1) is 13.1. The highest BCUT2D eigenvalue weighted by Gasteiger charge is 2.39. The number of piperidine rings is 1. The first-order valence-corrected chi connectivity index (χ1v) is 10.6. The second-order valence-electron chi connectivity index (χ2n) is 8.06. The Balaban J connectivity index is 1.47. The Bertz CT molecular complexity index is 537. The van der Waals surface area contributed by atoms with E-state index in [0.717, 1.165) is 25.7 Å². The summed E-state index contributed by atoms with van der Waals surface area (Å²) in [6.45, 7) is 3.90. The molecule has 0 spiro atoms. The highest BCUT2D eigenvalue weighted by molar-refractivity contribution is 5.89. The molecular formula is C20H33N3O4. The number of carbonyl (C=O) groups is 3. The summed E-state index contributed by atoms with van der Waals surface area (Å²) in [5.41, 5.74) is 0. The van der Waals surface area contributed by atoms with Crippen molar-refractivity contribution in [3.63, 3.8) is 0 Å². The molecule has 3 aliphatic rings. The van der Waals surface area contributed by atoms with E-state index in [4.69, 9.17) is 4.74 Å². The molecule has 1 atom stereocenters. The maximum absolute atomic E-state index is 12.7. The lowest BCUT2D eigenvalue weighted by molar-refractivity contribution is -0.131. The summed E-state index contributed by atoms with van der Waals surface area (Å²) in [6.07, 6.45) is 8.53. The normalized spacial score (nSPS) is 25.4. The molecule has 3 amide bonds. The summed E-state index contributed by atoms with van der Waals surface area (Å²) in [5, 5.41) is 3.19. The maximum Gasteiger partial charge on any atom is 0.409 e. The van der Waals surface area contributed by atoms with Crippen LogP contribution in [0.1, 0.15) is 64.7 Å². The van der Waals surface area contributed by atoms with E-state index in [1.54, 1.807) is 11.8 Å². The molecule has 0 aromatic carbocycles. The van der Waals surface area contributed by atoms with Gasteiger partial charge < -0.3 is 19.9 Å². The van der Waals surface area contributed by atoms with Crippen LogP contribution in [0.3, 0.4) is 0 Å². The van der Waals surface area contributed by atoms with E-state index in [1.807, 2.05) is 4.90 Å². The van der Waals surface area contributed by atoms with Gasteiger partial charge in [0.15, 0.2) is 0 Å². The van der Waals surface area contributed by atoms with Crippen molar-refractivity contribution in [1.82, 2.24) is 15.1 Å². The number of hydrogen-bond donors (Lipinski definition) is 1. The van der Waals surface area contributed by atoms with Crippen molar-refractivity contribution < 1.29 is 19.1 Å². The first kappa shape index (κ1) is 20.0. The third kappa shape index (κ3) is 5.14. The van der Waals surface area contributed by atoms with Crippen molar-refractivity contribution in [2.24, 2.45) is 5.92 Å². The molecule has 3 fully saturated rings. The zero-order valence-corrected chi connectivity index (χ0v) is 16.5. The molecular weight excluding hydrogens is 346 g/mol. The van der Waals surface area contributed by atoms with Gasteiger partial charge in [-0.05, 0) is 32.6 Å². The quantitative estimate of drug-likeness (QED) is 0.760. The van der Waals surface area contributed by atoms with Crippen molar-refractivity contribution in [2.45, 2.75) is 76.8 Å². The van der Waals surface area contributed by atoms with Crippen LogP contribution in [-0.4, -0.2) is 66.0 Å². The molecule has 2 aliphatic heterocycles. The van der Waals surface area contributed by atoms with Gasteiger partial charge >= 0.3 is 6.09 Å². The molecule has 0 bridgehead atoms. The summed E-state index contributed by atoms with van der Waals surface area (Å²) >= 11 is 0. The number of ether oxygens (including phenoxy) is 1. The van der Waals surface area contributed by atoms with Crippen LogP contribution in [0.5, 0.6) is 0 Å². The predicted octanol–water partition coefficient (Wildman–Crippen LogP) is 2.29.